The number of thiazole rings is 2. The lowest BCUT2D eigenvalue weighted by Crippen LogP contribution is -2.71. The summed E-state index contributed by atoms with van der Waals surface area (Å²) >= 11 is 5.19. The number of ether oxygens (including phenoxy) is 3. The number of nitrogens with zero attached hydrogens (tertiary/aromatic N) is 4. The molecule has 0 saturated carbocycles. The number of rotatable bonds is 11. The molecule has 3 atom stereocenters. The molecule has 230 valence electrons. The van der Waals surface area contributed by atoms with Crippen molar-refractivity contribution in [1.29, 1.82) is 0 Å². The van der Waals surface area contributed by atoms with Gasteiger partial charge in [-0.25, -0.2) is 19.6 Å². The third-order valence-electron chi connectivity index (χ3n) is 5.65. The number of esters is 1. The van der Waals surface area contributed by atoms with Gasteiger partial charge in [0.15, 0.2) is 10.8 Å². The largest absolute Gasteiger partial charge is 0.511 e. The lowest BCUT2D eigenvalue weighted by molar-refractivity contribution is -0.169. The molecule has 1 saturated heterocycles. The van der Waals surface area contributed by atoms with Crippen molar-refractivity contribution in [3.63, 3.8) is 0 Å². The summed E-state index contributed by atoms with van der Waals surface area (Å²) in [6.45, 7) is 6.54. The molecule has 4 rings (SSSR count). The highest BCUT2D eigenvalue weighted by molar-refractivity contribution is 8.08. The third-order valence-corrected chi connectivity index (χ3v) is 9.58. The molecule has 2 amide bonds. The molecule has 18 heteroatoms. The molecule has 2 aliphatic heterocycles. The van der Waals surface area contributed by atoms with E-state index in [4.69, 9.17) is 24.8 Å². The van der Waals surface area contributed by atoms with Crippen LogP contribution < -0.4 is 11.1 Å². The fourth-order valence-electron chi connectivity index (χ4n) is 3.81. The number of aromatic nitrogens is 2. The Labute approximate surface area is 263 Å². The number of anilines is 1. The van der Waals surface area contributed by atoms with Gasteiger partial charge >= 0.3 is 12.1 Å². The molecule has 0 aliphatic carbocycles. The van der Waals surface area contributed by atoms with Crippen LogP contribution in [0.5, 0.6) is 0 Å². The summed E-state index contributed by atoms with van der Waals surface area (Å²) in [6, 6.07) is -0.977. The monoisotopic (exact) mass is 668 g/mol. The molecule has 1 unspecified atom stereocenters. The maximum Gasteiger partial charge on any atom is 0.511 e. The van der Waals surface area contributed by atoms with E-state index in [9.17, 15) is 19.2 Å². The minimum absolute atomic E-state index is 0.0133. The average molecular weight is 669 g/mol. The number of nitrogens with two attached hydrogens (primary N) is 1. The van der Waals surface area contributed by atoms with Crippen LogP contribution in [0.4, 0.5) is 9.93 Å². The number of aryl methyl sites for hydroxylation is 1. The Kier molecular flexibility index (Phi) is 10.7. The second-order valence-corrected chi connectivity index (χ2v) is 12.9. The topological polar surface area (TPSA) is 185 Å². The summed E-state index contributed by atoms with van der Waals surface area (Å²) in [5.74, 6) is -1.79. The van der Waals surface area contributed by atoms with E-state index in [1.54, 1.807) is 30.1 Å². The Balaban J connectivity index is 1.54. The lowest BCUT2D eigenvalue weighted by Gasteiger charge is -2.49. The number of carbonyl (C=O) groups excluding carboxylic acids is 4. The quantitative estimate of drug-likeness (QED) is 0.117. The van der Waals surface area contributed by atoms with Gasteiger partial charge in [0.05, 0.1) is 22.2 Å². The zero-order chi connectivity index (χ0) is 31.3. The second kappa shape index (κ2) is 14.2. The van der Waals surface area contributed by atoms with Crippen LogP contribution in [-0.2, 0) is 33.4 Å². The molecule has 0 spiro atoms. The number of hydrogen-bond donors (Lipinski definition) is 2. The first kappa shape index (κ1) is 32.3. The van der Waals surface area contributed by atoms with Gasteiger partial charge in [-0.2, -0.15) is 0 Å². The number of nitrogens with one attached hydrogen (secondary N) is 1. The Morgan fingerprint density at radius 2 is 2.00 bits per heavy atom. The van der Waals surface area contributed by atoms with Gasteiger partial charge in [-0.15, -0.1) is 34.4 Å². The van der Waals surface area contributed by atoms with E-state index >= 15 is 0 Å². The number of oxime groups is 1. The molecular weight excluding hydrogens is 641 g/mol. The van der Waals surface area contributed by atoms with E-state index in [1.807, 2.05) is 13.0 Å². The lowest BCUT2D eigenvalue weighted by atomic mass is 10.0. The SMILES string of the molecule is CO/N=C(\C(=O)N[C@@H]1C(=O)N2C(C(=O)OC(C)OC(=O)OC(C)C)=C(S/C=C\c3scnc3C)CS[C@H]12)c1csc(N)n1. The van der Waals surface area contributed by atoms with Crippen LogP contribution in [0.15, 0.2) is 32.1 Å². The van der Waals surface area contributed by atoms with Crippen molar-refractivity contribution in [3.8, 4) is 0 Å². The zero-order valence-corrected chi connectivity index (χ0v) is 26.9. The molecule has 43 heavy (non-hydrogen) atoms. The van der Waals surface area contributed by atoms with Gasteiger partial charge in [0.1, 0.15) is 29.9 Å². The molecular formula is C25H28N6O8S4. The van der Waals surface area contributed by atoms with Crippen molar-refractivity contribution in [2.24, 2.45) is 5.16 Å². The maximum atomic E-state index is 13.4. The Hall–Kier alpha value is -3.61. The average Bonchev–Trinajstić information content (AvgIpc) is 3.56. The predicted octanol–water partition coefficient (Wildman–Crippen LogP) is 3.31. The first-order valence-electron chi connectivity index (χ1n) is 12.6. The van der Waals surface area contributed by atoms with Crippen LogP contribution in [0.3, 0.4) is 0 Å². The van der Waals surface area contributed by atoms with E-state index in [-0.39, 0.29) is 22.2 Å². The molecule has 0 radical (unpaired) electrons. The smallest absolute Gasteiger partial charge is 0.431 e. The number of carbonyl (C=O) groups is 4. The van der Waals surface area contributed by atoms with E-state index < -0.39 is 47.7 Å². The summed E-state index contributed by atoms with van der Waals surface area (Å²) in [5, 5.41) is 9.35. The highest BCUT2D eigenvalue weighted by Crippen LogP contribution is 2.44. The van der Waals surface area contributed by atoms with Crippen molar-refractivity contribution in [2.45, 2.75) is 51.5 Å². The second-order valence-electron chi connectivity index (χ2n) is 9.06. The maximum absolute atomic E-state index is 13.4. The van der Waals surface area contributed by atoms with E-state index in [1.165, 1.54) is 53.8 Å². The predicted molar refractivity (Wildman–Crippen MR) is 164 cm³/mol. The van der Waals surface area contributed by atoms with E-state index in [0.717, 1.165) is 21.9 Å². The highest BCUT2D eigenvalue weighted by Gasteiger charge is 2.55. The Bertz CT molecular complexity index is 1490. The van der Waals surface area contributed by atoms with Crippen LogP contribution in [-0.4, -0.2) is 81.2 Å². The van der Waals surface area contributed by atoms with Crippen molar-refractivity contribution >= 4 is 87.1 Å². The zero-order valence-electron chi connectivity index (χ0n) is 23.6. The van der Waals surface area contributed by atoms with Crippen LogP contribution >= 0.6 is 46.2 Å². The molecule has 4 heterocycles. The van der Waals surface area contributed by atoms with Gasteiger partial charge in [-0.3, -0.25) is 14.5 Å². The third kappa shape index (κ3) is 7.67. The molecule has 2 aliphatic rings. The van der Waals surface area contributed by atoms with Crippen LogP contribution in [0, 0.1) is 6.92 Å². The number of thioether (sulfide) groups is 2. The molecule has 0 bridgehead atoms. The van der Waals surface area contributed by atoms with Gasteiger partial charge in [-0.1, -0.05) is 16.9 Å². The van der Waals surface area contributed by atoms with Crippen molar-refractivity contribution in [3.05, 3.63) is 43.2 Å². The first-order valence-corrected chi connectivity index (χ1v) is 16.3. The summed E-state index contributed by atoms with van der Waals surface area (Å²) in [4.78, 5) is 67.6. The summed E-state index contributed by atoms with van der Waals surface area (Å²) < 4.78 is 15.3. The van der Waals surface area contributed by atoms with E-state index in [2.05, 4.69) is 20.4 Å². The summed E-state index contributed by atoms with van der Waals surface area (Å²) in [6.07, 6.45) is -0.872. The van der Waals surface area contributed by atoms with Crippen LogP contribution in [0.1, 0.15) is 37.0 Å². The van der Waals surface area contributed by atoms with Crippen LogP contribution in [0.25, 0.3) is 6.08 Å². The molecule has 14 nitrogen and oxygen atoms in total. The van der Waals surface area contributed by atoms with Crippen molar-refractivity contribution < 1.29 is 38.2 Å². The summed E-state index contributed by atoms with van der Waals surface area (Å²) in [7, 11) is 1.27. The minimum Gasteiger partial charge on any atom is -0.431 e. The molecule has 1 fully saturated rings. The number of nitrogen functional groups attached to an aromatic ring is 1. The fourth-order valence-corrected chi connectivity index (χ4v) is 7.47. The standard InChI is InChI=1S/C25H28N6O8S4/c1-11(2)37-25(35)39-13(4)38-23(34)19-16(40-7-6-15-12(3)27-10-43-15)9-41-22-18(21(33)31(19)22)29-20(32)17(30-36-5)14-8-42-24(26)28-14/h6-8,10-11,13,18,22H,9H2,1-5H3,(H2,26,28)(H,29,32)/b7-6-,30-17-/t13?,18-,22-/m1/s1. The first-order chi connectivity index (χ1) is 20.5. The normalized spacial score (nSPS) is 19.2. The molecule has 2 aromatic rings. The van der Waals surface area contributed by atoms with Crippen molar-refractivity contribution in [1.82, 2.24) is 20.2 Å². The van der Waals surface area contributed by atoms with Gasteiger partial charge in [-0.05, 0) is 32.3 Å². The van der Waals surface area contributed by atoms with Crippen LogP contribution in [0.2, 0.25) is 0 Å². The van der Waals surface area contributed by atoms with Gasteiger partial charge in [0.25, 0.3) is 11.8 Å². The number of β-lactam (4-membered cyclic amide) rings is 1. The van der Waals surface area contributed by atoms with Gasteiger partial charge in [0, 0.05) is 23.0 Å². The van der Waals surface area contributed by atoms with Gasteiger partial charge < -0.3 is 30.1 Å². The Morgan fingerprint density at radius 1 is 1.23 bits per heavy atom. The molecule has 2 aromatic heterocycles. The van der Waals surface area contributed by atoms with Crippen molar-refractivity contribution in [2.75, 3.05) is 18.6 Å². The number of hydrogen-bond acceptors (Lipinski definition) is 16. The number of fused-ring (bicyclic) bond motifs is 1. The van der Waals surface area contributed by atoms with Gasteiger partial charge in [0.2, 0.25) is 6.29 Å². The number of amides is 2. The minimum atomic E-state index is -1.30. The van der Waals surface area contributed by atoms with E-state index in [0.29, 0.717) is 10.7 Å². The highest BCUT2D eigenvalue weighted by atomic mass is 32.2. The summed E-state index contributed by atoms with van der Waals surface area (Å²) in [5.41, 5.74) is 8.31. The molecule has 0 aromatic carbocycles. The fraction of sp³-hybridized carbons (Fsp3) is 0.400. The Morgan fingerprint density at radius 3 is 2.63 bits per heavy atom. The molecule has 3 N–H and O–H groups in total.